The predicted molar refractivity (Wildman–Crippen MR) is 95.5 cm³/mol. The van der Waals surface area contributed by atoms with Crippen molar-refractivity contribution in [3.8, 4) is 11.3 Å². The summed E-state index contributed by atoms with van der Waals surface area (Å²) in [5.74, 6) is -0.982. The molecular formula is C19H18F2N4O. The summed E-state index contributed by atoms with van der Waals surface area (Å²) < 4.78 is 26.3. The molecule has 0 saturated heterocycles. The Hall–Kier alpha value is -3.06. The smallest absolute Gasteiger partial charge is 0.238 e. The van der Waals surface area contributed by atoms with Gasteiger partial charge in [0.25, 0.3) is 0 Å². The lowest BCUT2D eigenvalue weighted by Crippen LogP contribution is -2.28. The quantitative estimate of drug-likeness (QED) is 0.634. The van der Waals surface area contributed by atoms with Gasteiger partial charge in [-0.2, -0.15) is 5.10 Å². The number of amides is 1. The molecule has 26 heavy (non-hydrogen) atoms. The minimum Gasteiger partial charge on any atom is -0.325 e. The monoisotopic (exact) mass is 356 g/mol. The third kappa shape index (κ3) is 4.31. The molecule has 0 aliphatic heterocycles. The maximum absolute atomic E-state index is 13.3. The molecule has 0 radical (unpaired) electrons. The molecule has 0 atom stereocenters. The number of halogens is 2. The number of nitrogens with zero attached hydrogens (tertiary/aromatic N) is 1. The number of rotatable bonds is 6. The second kappa shape index (κ2) is 7.88. The van der Waals surface area contributed by atoms with E-state index in [4.69, 9.17) is 0 Å². The van der Waals surface area contributed by atoms with E-state index in [2.05, 4.69) is 20.8 Å². The number of aromatic amines is 1. The minimum absolute atomic E-state index is 0.0595. The van der Waals surface area contributed by atoms with E-state index in [1.807, 2.05) is 0 Å². The second-order valence-electron chi connectivity index (χ2n) is 5.89. The maximum atomic E-state index is 13.3. The number of benzene rings is 2. The van der Waals surface area contributed by atoms with Crippen LogP contribution in [0, 0.1) is 18.6 Å². The largest absolute Gasteiger partial charge is 0.325 e. The molecule has 5 nitrogen and oxygen atoms in total. The number of nitrogens with one attached hydrogen (secondary N) is 3. The fourth-order valence-electron chi connectivity index (χ4n) is 2.55. The summed E-state index contributed by atoms with van der Waals surface area (Å²) in [5, 5.41) is 12.6. The first-order chi connectivity index (χ1) is 12.5. The van der Waals surface area contributed by atoms with Crippen LogP contribution in [0.2, 0.25) is 0 Å². The molecule has 0 aliphatic carbocycles. The predicted octanol–water partition coefficient (Wildman–Crippen LogP) is 3.39. The number of hydrogen-bond acceptors (Lipinski definition) is 3. The molecule has 0 unspecified atom stereocenters. The third-order valence-electron chi connectivity index (χ3n) is 3.93. The van der Waals surface area contributed by atoms with Crippen LogP contribution in [0.1, 0.15) is 11.1 Å². The molecule has 1 amide bonds. The fourth-order valence-corrected chi connectivity index (χ4v) is 2.55. The summed E-state index contributed by atoms with van der Waals surface area (Å²) in [6.07, 6.45) is 1.65. The Morgan fingerprint density at radius 2 is 1.85 bits per heavy atom. The van der Waals surface area contributed by atoms with E-state index in [1.165, 1.54) is 24.3 Å². The van der Waals surface area contributed by atoms with Crippen molar-refractivity contribution < 1.29 is 13.6 Å². The van der Waals surface area contributed by atoms with E-state index in [-0.39, 0.29) is 18.3 Å². The first-order valence-electron chi connectivity index (χ1n) is 8.08. The van der Waals surface area contributed by atoms with Gasteiger partial charge in [-0.3, -0.25) is 9.89 Å². The Balaban J connectivity index is 1.57. The lowest BCUT2D eigenvalue weighted by atomic mass is 10.1. The van der Waals surface area contributed by atoms with Crippen LogP contribution in [0.25, 0.3) is 11.3 Å². The number of aromatic nitrogens is 2. The molecule has 2 aromatic carbocycles. The van der Waals surface area contributed by atoms with E-state index < -0.39 is 5.82 Å². The van der Waals surface area contributed by atoms with E-state index in [9.17, 15) is 13.6 Å². The first kappa shape index (κ1) is 17.8. The van der Waals surface area contributed by atoms with Gasteiger partial charge in [0.05, 0.1) is 18.4 Å². The van der Waals surface area contributed by atoms with Crippen molar-refractivity contribution >= 4 is 11.6 Å². The van der Waals surface area contributed by atoms with Crippen LogP contribution >= 0.6 is 0 Å². The summed E-state index contributed by atoms with van der Waals surface area (Å²) in [5.41, 5.74) is 3.66. The van der Waals surface area contributed by atoms with Crippen LogP contribution in [-0.4, -0.2) is 22.6 Å². The van der Waals surface area contributed by atoms with Crippen LogP contribution in [0.4, 0.5) is 14.5 Å². The van der Waals surface area contributed by atoms with Crippen molar-refractivity contribution in [2.24, 2.45) is 0 Å². The molecular weight excluding hydrogens is 338 g/mol. The van der Waals surface area contributed by atoms with Gasteiger partial charge in [0.2, 0.25) is 5.91 Å². The highest BCUT2D eigenvalue weighted by Crippen LogP contribution is 2.21. The molecule has 1 heterocycles. The van der Waals surface area contributed by atoms with Crippen molar-refractivity contribution in [2.75, 3.05) is 11.9 Å². The molecule has 7 heteroatoms. The van der Waals surface area contributed by atoms with Crippen molar-refractivity contribution in [2.45, 2.75) is 13.5 Å². The summed E-state index contributed by atoms with van der Waals surface area (Å²) in [4.78, 5) is 12.0. The van der Waals surface area contributed by atoms with Gasteiger partial charge in [-0.1, -0.05) is 6.07 Å². The number of hydrogen-bond donors (Lipinski definition) is 3. The average molecular weight is 356 g/mol. The molecule has 0 fully saturated rings. The Bertz CT molecular complexity index is 906. The number of carbonyl (C=O) groups excluding carboxylic acids is 1. The summed E-state index contributed by atoms with van der Waals surface area (Å²) in [7, 11) is 0. The van der Waals surface area contributed by atoms with Crippen molar-refractivity contribution in [3.63, 3.8) is 0 Å². The standard InChI is InChI=1S/C19H18F2N4O/c1-12-2-5-16(21)8-17(12)24-18(26)11-22-9-14-10-23-25-19(14)13-3-6-15(20)7-4-13/h2-8,10,22H,9,11H2,1H3,(H,23,25)(H,24,26). The first-order valence-corrected chi connectivity index (χ1v) is 8.08. The molecule has 3 rings (SSSR count). The van der Waals surface area contributed by atoms with Gasteiger partial charge in [-0.25, -0.2) is 8.78 Å². The van der Waals surface area contributed by atoms with Gasteiger partial charge < -0.3 is 10.6 Å². The van der Waals surface area contributed by atoms with Gasteiger partial charge in [0.15, 0.2) is 0 Å². The number of aryl methyl sites for hydroxylation is 1. The Kier molecular flexibility index (Phi) is 5.38. The molecule has 1 aromatic heterocycles. The van der Waals surface area contributed by atoms with Crippen molar-refractivity contribution in [3.05, 3.63) is 71.4 Å². The zero-order valence-electron chi connectivity index (χ0n) is 14.1. The van der Waals surface area contributed by atoms with Crippen LogP contribution in [-0.2, 0) is 11.3 Å². The van der Waals surface area contributed by atoms with Gasteiger partial charge >= 0.3 is 0 Å². The Morgan fingerprint density at radius 1 is 1.12 bits per heavy atom. The number of carbonyl (C=O) groups is 1. The van der Waals surface area contributed by atoms with E-state index >= 15 is 0 Å². The molecule has 0 bridgehead atoms. The van der Waals surface area contributed by atoms with E-state index in [1.54, 1.807) is 31.3 Å². The summed E-state index contributed by atoms with van der Waals surface area (Å²) in [6, 6.07) is 10.3. The normalized spacial score (nSPS) is 10.7. The van der Waals surface area contributed by atoms with Crippen LogP contribution in [0.5, 0.6) is 0 Å². The number of anilines is 1. The molecule has 0 saturated carbocycles. The molecule has 0 aliphatic rings. The molecule has 3 N–H and O–H groups in total. The van der Waals surface area contributed by atoms with Crippen LogP contribution in [0.3, 0.4) is 0 Å². The maximum Gasteiger partial charge on any atom is 0.238 e. The SMILES string of the molecule is Cc1ccc(F)cc1NC(=O)CNCc1cn[nH]c1-c1ccc(F)cc1. The summed E-state index contributed by atoms with van der Waals surface area (Å²) >= 11 is 0. The van der Waals surface area contributed by atoms with Crippen LogP contribution in [0.15, 0.2) is 48.7 Å². The fraction of sp³-hybridized carbons (Fsp3) is 0.158. The summed E-state index contributed by atoms with van der Waals surface area (Å²) in [6.45, 7) is 2.26. The van der Waals surface area contributed by atoms with Gasteiger partial charge in [0, 0.05) is 23.4 Å². The lowest BCUT2D eigenvalue weighted by molar-refractivity contribution is -0.115. The molecule has 3 aromatic rings. The zero-order valence-corrected chi connectivity index (χ0v) is 14.1. The Morgan fingerprint density at radius 3 is 2.62 bits per heavy atom. The number of H-pyrrole nitrogens is 1. The average Bonchev–Trinajstić information content (AvgIpc) is 3.07. The molecule has 0 spiro atoms. The molecule has 134 valence electrons. The topological polar surface area (TPSA) is 69.8 Å². The minimum atomic E-state index is -0.402. The zero-order chi connectivity index (χ0) is 18.5. The highest BCUT2D eigenvalue weighted by atomic mass is 19.1. The van der Waals surface area contributed by atoms with E-state index in [0.717, 1.165) is 22.4 Å². The van der Waals surface area contributed by atoms with Gasteiger partial charge in [-0.05, 0) is 48.9 Å². The highest BCUT2D eigenvalue weighted by molar-refractivity contribution is 5.92. The van der Waals surface area contributed by atoms with Gasteiger partial charge in [-0.15, -0.1) is 0 Å². The second-order valence-corrected chi connectivity index (χ2v) is 5.89. The van der Waals surface area contributed by atoms with Crippen molar-refractivity contribution in [1.82, 2.24) is 15.5 Å². The van der Waals surface area contributed by atoms with Crippen LogP contribution < -0.4 is 10.6 Å². The Labute approximate surface area is 149 Å². The van der Waals surface area contributed by atoms with Gasteiger partial charge in [0.1, 0.15) is 11.6 Å². The lowest BCUT2D eigenvalue weighted by Gasteiger charge is -2.09. The van der Waals surface area contributed by atoms with E-state index in [0.29, 0.717) is 12.2 Å². The third-order valence-corrected chi connectivity index (χ3v) is 3.93. The van der Waals surface area contributed by atoms with Crippen molar-refractivity contribution in [1.29, 1.82) is 0 Å². The highest BCUT2D eigenvalue weighted by Gasteiger charge is 2.10.